The molecule has 1 atom stereocenters. The van der Waals surface area contributed by atoms with E-state index < -0.39 is 0 Å². The SMILES string of the molecule is CC(C)CCNC(N)=NCCCOC1CCOC1.I. The van der Waals surface area contributed by atoms with Gasteiger partial charge in [0.2, 0.25) is 0 Å². The summed E-state index contributed by atoms with van der Waals surface area (Å²) in [5.74, 6) is 1.23. The number of aliphatic imine (C=N–C) groups is 1. The van der Waals surface area contributed by atoms with Gasteiger partial charge in [-0.25, -0.2) is 0 Å². The van der Waals surface area contributed by atoms with E-state index >= 15 is 0 Å². The minimum absolute atomic E-state index is 0. The molecule has 1 fully saturated rings. The largest absolute Gasteiger partial charge is 0.379 e. The van der Waals surface area contributed by atoms with Crippen LogP contribution in [-0.2, 0) is 9.47 Å². The molecular weight excluding hydrogens is 357 g/mol. The number of nitrogens with two attached hydrogens (primary N) is 1. The molecule has 114 valence electrons. The summed E-state index contributed by atoms with van der Waals surface area (Å²) in [6.07, 6.45) is 3.32. The minimum atomic E-state index is 0. The van der Waals surface area contributed by atoms with Crippen LogP contribution in [0.2, 0.25) is 0 Å². The highest BCUT2D eigenvalue weighted by atomic mass is 127. The van der Waals surface area contributed by atoms with Crippen molar-refractivity contribution < 1.29 is 9.47 Å². The summed E-state index contributed by atoms with van der Waals surface area (Å²) in [6, 6.07) is 0. The normalized spacial score (nSPS) is 19.5. The van der Waals surface area contributed by atoms with Gasteiger partial charge in [0.25, 0.3) is 0 Å². The first kappa shape index (κ1) is 18.9. The molecule has 0 saturated carbocycles. The van der Waals surface area contributed by atoms with Crippen LogP contribution in [0.25, 0.3) is 0 Å². The van der Waals surface area contributed by atoms with Crippen molar-refractivity contribution in [3.05, 3.63) is 0 Å². The van der Waals surface area contributed by atoms with Crippen molar-refractivity contribution in [2.45, 2.75) is 39.2 Å². The fraction of sp³-hybridized carbons (Fsp3) is 0.923. The third-order valence-electron chi connectivity index (χ3n) is 2.85. The second-order valence-electron chi connectivity index (χ2n) is 5.09. The van der Waals surface area contributed by atoms with Crippen molar-refractivity contribution in [2.75, 3.05) is 32.9 Å². The number of ether oxygens (including phenoxy) is 2. The number of hydrogen-bond acceptors (Lipinski definition) is 3. The Morgan fingerprint density at radius 3 is 2.95 bits per heavy atom. The van der Waals surface area contributed by atoms with Crippen LogP contribution in [0, 0.1) is 5.92 Å². The Hall–Kier alpha value is -0.0800. The van der Waals surface area contributed by atoms with Crippen molar-refractivity contribution in [3.63, 3.8) is 0 Å². The molecule has 6 heteroatoms. The lowest BCUT2D eigenvalue weighted by Crippen LogP contribution is -2.33. The van der Waals surface area contributed by atoms with Crippen LogP contribution < -0.4 is 11.1 Å². The second kappa shape index (κ2) is 11.7. The van der Waals surface area contributed by atoms with Gasteiger partial charge in [-0.3, -0.25) is 4.99 Å². The standard InChI is InChI=1S/C13H27N3O2.HI/c1-11(2)4-7-16-13(14)15-6-3-8-18-12-5-9-17-10-12;/h11-12H,3-10H2,1-2H3,(H3,14,15,16);1H. The molecule has 1 rings (SSSR count). The molecule has 1 unspecified atom stereocenters. The van der Waals surface area contributed by atoms with E-state index in [4.69, 9.17) is 15.2 Å². The van der Waals surface area contributed by atoms with Gasteiger partial charge < -0.3 is 20.5 Å². The molecule has 0 spiro atoms. The molecule has 0 aromatic heterocycles. The predicted octanol–water partition coefficient (Wildman–Crippen LogP) is 1.75. The first-order valence-corrected chi connectivity index (χ1v) is 6.91. The van der Waals surface area contributed by atoms with Gasteiger partial charge in [-0.1, -0.05) is 13.8 Å². The molecule has 0 aromatic carbocycles. The average molecular weight is 385 g/mol. The van der Waals surface area contributed by atoms with E-state index in [-0.39, 0.29) is 30.1 Å². The summed E-state index contributed by atoms with van der Waals surface area (Å²) in [4.78, 5) is 4.26. The Morgan fingerprint density at radius 2 is 2.32 bits per heavy atom. The van der Waals surface area contributed by atoms with Crippen LogP contribution in [0.4, 0.5) is 0 Å². The molecule has 0 radical (unpaired) electrons. The average Bonchev–Trinajstić information content (AvgIpc) is 2.81. The Balaban J connectivity index is 0.00000324. The zero-order valence-corrected chi connectivity index (χ0v) is 14.4. The van der Waals surface area contributed by atoms with E-state index in [1.54, 1.807) is 0 Å². The highest BCUT2D eigenvalue weighted by Gasteiger charge is 2.15. The Kier molecular flexibility index (Phi) is 11.7. The van der Waals surface area contributed by atoms with Crippen molar-refractivity contribution in [3.8, 4) is 0 Å². The molecule has 0 bridgehead atoms. The van der Waals surface area contributed by atoms with Gasteiger partial charge in [-0.05, 0) is 25.2 Å². The molecular formula is C13H28IN3O2. The molecule has 1 aliphatic rings. The number of halogens is 1. The Labute approximate surface area is 133 Å². The predicted molar refractivity (Wildman–Crippen MR) is 89.2 cm³/mol. The van der Waals surface area contributed by atoms with Gasteiger partial charge in [0.1, 0.15) is 0 Å². The van der Waals surface area contributed by atoms with Crippen molar-refractivity contribution in [2.24, 2.45) is 16.6 Å². The molecule has 19 heavy (non-hydrogen) atoms. The zero-order valence-electron chi connectivity index (χ0n) is 12.1. The molecule has 0 aliphatic carbocycles. The van der Waals surface area contributed by atoms with Gasteiger partial charge >= 0.3 is 0 Å². The van der Waals surface area contributed by atoms with Gasteiger partial charge in [0, 0.05) is 26.3 Å². The first-order valence-electron chi connectivity index (χ1n) is 6.91. The van der Waals surface area contributed by atoms with Crippen LogP contribution in [0.15, 0.2) is 4.99 Å². The van der Waals surface area contributed by atoms with E-state index in [0.717, 1.165) is 45.6 Å². The summed E-state index contributed by atoms with van der Waals surface area (Å²) in [5, 5.41) is 3.11. The first-order chi connectivity index (χ1) is 8.68. The summed E-state index contributed by atoms with van der Waals surface area (Å²) in [5.41, 5.74) is 5.74. The lowest BCUT2D eigenvalue weighted by Gasteiger charge is -2.09. The molecule has 0 amide bonds. The zero-order chi connectivity index (χ0) is 13.2. The molecule has 0 aromatic rings. The monoisotopic (exact) mass is 385 g/mol. The molecule has 3 N–H and O–H groups in total. The van der Waals surface area contributed by atoms with Crippen LogP contribution in [-0.4, -0.2) is 45.0 Å². The Morgan fingerprint density at radius 1 is 1.53 bits per heavy atom. The highest BCUT2D eigenvalue weighted by Crippen LogP contribution is 2.07. The number of hydrogen-bond donors (Lipinski definition) is 2. The van der Waals surface area contributed by atoms with Crippen molar-refractivity contribution in [1.82, 2.24) is 5.32 Å². The molecule has 1 aliphatic heterocycles. The van der Waals surface area contributed by atoms with E-state index in [9.17, 15) is 0 Å². The van der Waals surface area contributed by atoms with Gasteiger partial charge in [0.05, 0.1) is 12.7 Å². The van der Waals surface area contributed by atoms with Gasteiger partial charge in [-0.15, -0.1) is 24.0 Å². The second-order valence-corrected chi connectivity index (χ2v) is 5.09. The molecule has 5 nitrogen and oxygen atoms in total. The topological polar surface area (TPSA) is 68.9 Å². The lowest BCUT2D eigenvalue weighted by atomic mass is 10.1. The minimum Gasteiger partial charge on any atom is -0.379 e. The van der Waals surface area contributed by atoms with E-state index in [1.807, 2.05) is 0 Å². The summed E-state index contributed by atoms with van der Waals surface area (Å²) in [6.45, 7) is 8.30. The maximum atomic E-state index is 5.74. The Bertz CT molecular complexity index is 244. The quantitative estimate of drug-likeness (QED) is 0.289. The number of nitrogens with zero attached hydrogens (tertiary/aromatic N) is 1. The third-order valence-corrected chi connectivity index (χ3v) is 2.85. The van der Waals surface area contributed by atoms with Crippen LogP contribution in [0.1, 0.15) is 33.1 Å². The lowest BCUT2D eigenvalue weighted by molar-refractivity contribution is 0.0424. The van der Waals surface area contributed by atoms with Gasteiger partial charge in [-0.2, -0.15) is 0 Å². The highest BCUT2D eigenvalue weighted by molar-refractivity contribution is 14.0. The van der Waals surface area contributed by atoms with Crippen molar-refractivity contribution >= 4 is 29.9 Å². The maximum Gasteiger partial charge on any atom is 0.188 e. The van der Waals surface area contributed by atoms with Crippen molar-refractivity contribution in [1.29, 1.82) is 0 Å². The van der Waals surface area contributed by atoms with Gasteiger partial charge in [0.15, 0.2) is 5.96 Å². The number of guanidine groups is 1. The fourth-order valence-electron chi connectivity index (χ4n) is 1.70. The van der Waals surface area contributed by atoms with E-state index in [1.165, 1.54) is 0 Å². The number of rotatable bonds is 8. The third kappa shape index (κ3) is 10.4. The maximum absolute atomic E-state index is 5.74. The smallest absolute Gasteiger partial charge is 0.188 e. The van der Waals surface area contributed by atoms with E-state index in [2.05, 4.69) is 24.2 Å². The molecule has 1 heterocycles. The molecule has 1 saturated heterocycles. The fourth-order valence-corrected chi connectivity index (χ4v) is 1.70. The van der Waals surface area contributed by atoms with E-state index in [0.29, 0.717) is 18.4 Å². The van der Waals surface area contributed by atoms with Crippen LogP contribution in [0.5, 0.6) is 0 Å². The summed E-state index contributed by atoms with van der Waals surface area (Å²) >= 11 is 0. The summed E-state index contributed by atoms with van der Waals surface area (Å²) < 4.78 is 10.9. The number of nitrogens with one attached hydrogen (secondary N) is 1. The van der Waals surface area contributed by atoms with Crippen LogP contribution >= 0.6 is 24.0 Å². The summed E-state index contributed by atoms with van der Waals surface area (Å²) in [7, 11) is 0. The van der Waals surface area contributed by atoms with Crippen LogP contribution in [0.3, 0.4) is 0 Å².